The molecule has 3 rings (SSSR count). The normalized spacial score (nSPS) is 25.7. The van der Waals surface area contributed by atoms with Crippen LogP contribution in [0.2, 0.25) is 0 Å². The Bertz CT molecular complexity index is 659. The molecule has 2 aromatic heterocycles. The maximum Gasteiger partial charge on any atom is 0.166 e. The van der Waals surface area contributed by atoms with Gasteiger partial charge in [0.2, 0.25) is 0 Å². The lowest BCUT2D eigenvalue weighted by atomic mass is 10.1. The van der Waals surface area contributed by atoms with Gasteiger partial charge in [-0.2, -0.15) is 0 Å². The van der Waals surface area contributed by atoms with Crippen LogP contribution in [0.1, 0.15) is 60.3 Å². The van der Waals surface area contributed by atoms with Gasteiger partial charge in [-0.1, -0.05) is 29.2 Å². The van der Waals surface area contributed by atoms with Crippen molar-refractivity contribution in [3.05, 3.63) is 17.8 Å². The van der Waals surface area contributed by atoms with Gasteiger partial charge in [-0.25, -0.2) is 15.0 Å². The summed E-state index contributed by atoms with van der Waals surface area (Å²) in [5, 5.41) is 20.0. The van der Waals surface area contributed by atoms with Gasteiger partial charge in [0.15, 0.2) is 11.9 Å². The lowest BCUT2D eigenvalue weighted by molar-refractivity contribution is -0.0299. The monoisotopic (exact) mass is 340 g/mol. The van der Waals surface area contributed by atoms with E-state index in [0.29, 0.717) is 11.2 Å². The first-order valence-corrected chi connectivity index (χ1v) is 7.24. The van der Waals surface area contributed by atoms with Gasteiger partial charge in [0.25, 0.3) is 0 Å². The molecule has 1 saturated heterocycles. The number of imidazole rings is 1. The third kappa shape index (κ3) is 3.58. The summed E-state index contributed by atoms with van der Waals surface area (Å²) in [5.74, 6) is 0.755. The highest BCUT2D eigenvalue weighted by Gasteiger charge is 2.42. The van der Waals surface area contributed by atoms with E-state index >= 15 is 0 Å². The molecule has 1 fully saturated rings. The van der Waals surface area contributed by atoms with E-state index in [1.165, 1.54) is 0 Å². The molecule has 0 aromatic carbocycles. The number of aliphatic hydroxyl groups excluding tert-OH is 2. The quantitative estimate of drug-likeness (QED) is 0.892. The average molecular weight is 340 g/mol. The lowest BCUT2D eigenvalue weighted by Gasteiger charge is -2.16. The number of hydrogen-bond donors (Lipinski definition) is 2. The summed E-state index contributed by atoms with van der Waals surface area (Å²) in [4.78, 5) is 13.3. The number of rotatable bonds is 3. The van der Waals surface area contributed by atoms with E-state index in [4.69, 9.17) is 4.74 Å². The third-order valence-electron chi connectivity index (χ3n) is 3.87. The largest absolute Gasteiger partial charge is 0.388 e. The summed E-state index contributed by atoms with van der Waals surface area (Å²) in [6.07, 6.45) is 0.310. The Morgan fingerprint density at radius 3 is 2.38 bits per heavy atom. The Morgan fingerprint density at radius 2 is 1.83 bits per heavy atom. The van der Waals surface area contributed by atoms with Gasteiger partial charge < -0.3 is 14.9 Å². The number of nitrogens with zero attached hydrogens (tertiary/aromatic N) is 4. The molecule has 7 heteroatoms. The van der Waals surface area contributed by atoms with Crippen LogP contribution in [0.3, 0.4) is 0 Å². The summed E-state index contributed by atoms with van der Waals surface area (Å²) in [7, 11) is 0. The number of fused-ring (bicyclic) bond motifs is 1. The van der Waals surface area contributed by atoms with E-state index in [9.17, 15) is 10.2 Å². The predicted octanol–water partition coefficient (Wildman–Crippen LogP) is 2.63. The molecular weight excluding hydrogens is 308 g/mol. The minimum Gasteiger partial charge on any atom is -0.388 e. The van der Waals surface area contributed by atoms with Crippen LogP contribution in [0.15, 0.2) is 6.33 Å². The summed E-state index contributed by atoms with van der Waals surface area (Å²) >= 11 is 0. The molecular formula is C17H32N4O3. The molecule has 0 bridgehead atoms. The smallest absolute Gasteiger partial charge is 0.166 e. The van der Waals surface area contributed by atoms with Gasteiger partial charge >= 0.3 is 0 Å². The van der Waals surface area contributed by atoms with Crippen molar-refractivity contribution < 1.29 is 14.9 Å². The van der Waals surface area contributed by atoms with E-state index < -0.39 is 24.5 Å². The highest BCUT2D eigenvalue weighted by molar-refractivity contribution is 5.73. The zero-order chi connectivity index (χ0) is 15.1. The van der Waals surface area contributed by atoms with Crippen molar-refractivity contribution in [3.8, 4) is 0 Å². The fraction of sp³-hybridized carbons (Fsp3) is 0.706. The molecule has 0 aliphatic carbocycles. The van der Waals surface area contributed by atoms with Crippen molar-refractivity contribution >= 4 is 11.2 Å². The molecule has 0 radical (unpaired) electrons. The van der Waals surface area contributed by atoms with Gasteiger partial charge in [-0.3, -0.25) is 4.57 Å². The van der Waals surface area contributed by atoms with Crippen LogP contribution in [0.25, 0.3) is 11.2 Å². The van der Waals surface area contributed by atoms with E-state index in [1.807, 2.05) is 6.92 Å². The van der Waals surface area contributed by atoms with Crippen molar-refractivity contribution in [2.45, 2.75) is 80.4 Å². The van der Waals surface area contributed by atoms with Crippen molar-refractivity contribution in [3.63, 3.8) is 0 Å². The van der Waals surface area contributed by atoms with Gasteiger partial charge in [-0.15, -0.1) is 0 Å². The van der Waals surface area contributed by atoms with Crippen LogP contribution < -0.4 is 0 Å². The first kappa shape index (κ1) is 22.4. The molecule has 1 aliphatic heterocycles. The van der Waals surface area contributed by atoms with E-state index in [1.54, 1.807) is 17.8 Å². The first-order valence-electron chi connectivity index (χ1n) is 7.24. The molecule has 4 atom stereocenters. The maximum absolute atomic E-state index is 10.1. The molecule has 1 unspecified atom stereocenters. The summed E-state index contributed by atoms with van der Waals surface area (Å²) in [5.41, 5.74) is 2.14. The lowest BCUT2D eigenvalue weighted by Crippen LogP contribution is -2.30. The molecule has 3 heterocycles. The second-order valence-corrected chi connectivity index (χ2v) is 5.51. The highest BCUT2D eigenvalue weighted by atomic mass is 16.6. The van der Waals surface area contributed by atoms with Gasteiger partial charge in [0.1, 0.15) is 23.5 Å². The molecule has 138 valence electrons. The van der Waals surface area contributed by atoms with Gasteiger partial charge in [0.05, 0.1) is 18.1 Å². The van der Waals surface area contributed by atoms with Crippen LogP contribution in [0, 0.1) is 6.92 Å². The van der Waals surface area contributed by atoms with Crippen LogP contribution in [-0.2, 0) is 11.2 Å². The number of hydrogen-bond acceptors (Lipinski definition) is 6. The van der Waals surface area contributed by atoms with E-state index in [0.717, 1.165) is 24.4 Å². The zero-order valence-corrected chi connectivity index (χ0v) is 12.4. The predicted molar refractivity (Wildman–Crippen MR) is 95.8 cm³/mol. The molecule has 0 amide bonds. The molecule has 1 aliphatic rings. The Kier molecular flexibility index (Phi) is 7.95. The van der Waals surface area contributed by atoms with Crippen LogP contribution >= 0.6 is 0 Å². The minimum atomic E-state index is -0.998. The summed E-state index contributed by atoms with van der Waals surface area (Å²) < 4.78 is 7.32. The zero-order valence-electron chi connectivity index (χ0n) is 12.4. The summed E-state index contributed by atoms with van der Waals surface area (Å²) in [6, 6.07) is 0. The standard InChI is InChI=1S/C14H20N4O3.3CH4/c1-4-5-9-16-7(2)10-13(17-9)18(6-15-10)14-12(20)11(19)8(3)21-14;;;/h6,8,11-12,14,19-20H,4-5H2,1-3H3;3*1H4/t8-,11+,12?,14-;;;/m1.../s1. The molecule has 24 heavy (non-hydrogen) atoms. The Hall–Kier alpha value is -1.57. The number of aromatic nitrogens is 4. The van der Waals surface area contributed by atoms with Crippen molar-refractivity contribution in [2.24, 2.45) is 0 Å². The van der Waals surface area contributed by atoms with Gasteiger partial charge in [-0.05, 0) is 20.3 Å². The molecule has 0 spiro atoms. The van der Waals surface area contributed by atoms with Crippen LogP contribution in [0.4, 0.5) is 0 Å². The Morgan fingerprint density at radius 1 is 1.17 bits per heavy atom. The molecule has 7 nitrogen and oxygen atoms in total. The van der Waals surface area contributed by atoms with Crippen LogP contribution in [0.5, 0.6) is 0 Å². The van der Waals surface area contributed by atoms with Gasteiger partial charge in [0, 0.05) is 6.42 Å². The second kappa shape index (κ2) is 8.50. The average Bonchev–Trinajstić information content (AvgIpc) is 2.96. The number of aryl methyl sites for hydroxylation is 2. The Balaban J connectivity index is 0.00000176. The van der Waals surface area contributed by atoms with E-state index in [2.05, 4.69) is 21.9 Å². The molecule has 2 aromatic rings. The molecule has 0 saturated carbocycles. The summed E-state index contributed by atoms with van der Waals surface area (Å²) in [6.45, 7) is 5.70. The number of ether oxygens (including phenoxy) is 1. The Labute approximate surface area is 144 Å². The topological polar surface area (TPSA) is 93.3 Å². The third-order valence-corrected chi connectivity index (χ3v) is 3.87. The highest BCUT2D eigenvalue weighted by Crippen LogP contribution is 2.31. The minimum absolute atomic E-state index is 0. The van der Waals surface area contributed by atoms with Crippen molar-refractivity contribution in [2.75, 3.05) is 0 Å². The fourth-order valence-electron chi connectivity index (χ4n) is 2.69. The molecule has 2 N–H and O–H groups in total. The van der Waals surface area contributed by atoms with Crippen molar-refractivity contribution in [1.82, 2.24) is 19.5 Å². The van der Waals surface area contributed by atoms with E-state index in [-0.39, 0.29) is 22.3 Å². The number of aliphatic hydroxyl groups is 2. The maximum atomic E-state index is 10.1. The second-order valence-electron chi connectivity index (χ2n) is 5.51. The SMILES string of the molecule is C.C.C.CCCc1nc(C)c2ncn([C@@H]3O[C@H](C)[C@H](O)C3O)c2n1. The van der Waals surface area contributed by atoms with Crippen LogP contribution in [-0.4, -0.2) is 48.0 Å². The van der Waals surface area contributed by atoms with Crippen molar-refractivity contribution in [1.29, 1.82) is 0 Å². The fourth-order valence-corrected chi connectivity index (χ4v) is 2.69. The first-order chi connectivity index (χ1) is 10.0.